The molecule has 0 amide bonds. The van der Waals surface area contributed by atoms with Crippen molar-refractivity contribution in [3.63, 3.8) is 0 Å². The first-order chi connectivity index (χ1) is 8.77. The average Bonchev–Trinajstić information content (AvgIpc) is 2.39. The highest BCUT2D eigenvalue weighted by Gasteiger charge is 2.07. The highest BCUT2D eigenvalue weighted by Crippen LogP contribution is 2.19. The first kappa shape index (κ1) is 14.7. The van der Waals surface area contributed by atoms with Gasteiger partial charge >= 0.3 is 5.97 Å². The van der Waals surface area contributed by atoms with Gasteiger partial charge in [0.1, 0.15) is 5.75 Å². The number of carbonyl (C=O) groups is 1. The number of esters is 1. The average molecular weight is 248 g/mol. The lowest BCUT2D eigenvalue weighted by Crippen LogP contribution is -2.08. The van der Waals surface area contributed by atoms with Crippen molar-refractivity contribution >= 4 is 5.97 Å². The molecule has 1 aromatic rings. The summed E-state index contributed by atoms with van der Waals surface area (Å²) < 4.78 is 5.40. The zero-order valence-corrected chi connectivity index (χ0v) is 11.6. The van der Waals surface area contributed by atoms with Gasteiger partial charge in [0.15, 0.2) is 0 Å². The molecule has 0 fully saturated rings. The Morgan fingerprint density at radius 2 is 1.78 bits per heavy atom. The summed E-state index contributed by atoms with van der Waals surface area (Å²) in [6, 6.07) is 7.75. The van der Waals surface area contributed by atoms with Gasteiger partial charge in [-0.25, -0.2) is 0 Å². The number of rotatable bonds is 8. The fourth-order valence-electron chi connectivity index (χ4n) is 1.94. The minimum absolute atomic E-state index is 0.104. The van der Waals surface area contributed by atoms with Gasteiger partial charge in [0, 0.05) is 6.42 Å². The summed E-state index contributed by atoms with van der Waals surface area (Å²) in [5.41, 5.74) is 1.09. The molecule has 0 aliphatic rings. The molecular formula is C16H24O2. The van der Waals surface area contributed by atoms with Crippen LogP contribution in [0.15, 0.2) is 24.3 Å². The van der Waals surface area contributed by atoms with Crippen LogP contribution in [0.4, 0.5) is 0 Å². The van der Waals surface area contributed by atoms with E-state index in [1.807, 2.05) is 24.3 Å². The molecule has 0 saturated carbocycles. The molecule has 0 aromatic heterocycles. The lowest BCUT2D eigenvalue weighted by Gasteiger charge is -2.08. The summed E-state index contributed by atoms with van der Waals surface area (Å²) in [6.45, 7) is 4.26. The maximum atomic E-state index is 11.7. The molecule has 2 heteroatoms. The van der Waals surface area contributed by atoms with Gasteiger partial charge < -0.3 is 4.74 Å². The third kappa shape index (κ3) is 5.35. The second kappa shape index (κ2) is 8.73. The van der Waals surface area contributed by atoms with Crippen molar-refractivity contribution in [3.8, 4) is 5.75 Å². The zero-order chi connectivity index (χ0) is 13.2. The predicted octanol–water partition coefficient (Wildman–Crippen LogP) is 4.51. The van der Waals surface area contributed by atoms with E-state index >= 15 is 0 Å². The molecule has 0 radical (unpaired) electrons. The Morgan fingerprint density at radius 3 is 2.50 bits per heavy atom. The summed E-state index contributed by atoms with van der Waals surface area (Å²) in [5, 5.41) is 0. The van der Waals surface area contributed by atoms with Crippen LogP contribution in [0.25, 0.3) is 0 Å². The molecule has 0 bridgehead atoms. The molecule has 0 saturated heterocycles. The molecule has 0 N–H and O–H groups in total. The van der Waals surface area contributed by atoms with Crippen LogP contribution < -0.4 is 4.74 Å². The van der Waals surface area contributed by atoms with Crippen molar-refractivity contribution in [1.82, 2.24) is 0 Å². The molecule has 100 valence electrons. The summed E-state index contributed by atoms with van der Waals surface area (Å²) in [6.07, 6.45) is 7.19. The van der Waals surface area contributed by atoms with Crippen LogP contribution in [0.2, 0.25) is 0 Å². The monoisotopic (exact) mass is 248 g/mol. The largest absolute Gasteiger partial charge is 0.426 e. The number of para-hydroxylation sites is 1. The summed E-state index contributed by atoms with van der Waals surface area (Å²) >= 11 is 0. The summed E-state index contributed by atoms with van der Waals surface area (Å²) in [7, 11) is 0. The first-order valence-electron chi connectivity index (χ1n) is 7.06. The van der Waals surface area contributed by atoms with Gasteiger partial charge in [-0.15, -0.1) is 0 Å². The molecule has 0 heterocycles. The van der Waals surface area contributed by atoms with Gasteiger partial charge in [-0.3, -0.25) is 4.79 Å². The van der Waals surface area contributed by atoms with Gasteiger partial charge in [-0.05, 0) is 24.5 Å². The van der Waals surface area contributed by atoms with Crippen LogP contribution >= 0.6 is 0 Å². The maximum Gasteiger partial charge on any atom is 0.311 e. The van der Waals surface area contributed by atoms with Gasteiger partial charge in [0.2, 0.25) is 0 Å². The van der Waals surface area contributed by atoms with Gasteiger partial charge in [0.05, 0.1) is 0 Å². The Labute approximate surface area is 110 Å². The van der Waals surface area contributed by atoms with E-state index in [1.54, 1.807) is 0 Å². The topological polar surface area (TPSA) is 26.3 Å². The van der Waals surface area contributed by atoms with Crippen molar-refractivity contribution in [2.75, 3.05) is 0 Å². The lowest BCUT2D eigenvalue weighted by atomic mass is 10.1. The van der Waals surface area contributed by atoms with Crippen LogP contribution in [-0.4, -0.2) is 5.97 Å². The quantitative estimate of drug-likeness (QED) is 0.384. The standard InChI is InChI=1S/C16H24O2/c1-3-5-6-7-8-13-16(17)18-15-12-10-9-11-14(15)4-2/h9-12H,3-8,13H2,1-2H3. The van der Waals surface area contributed by atoms with E-state index in [-0.39, 0.29) is 5.97 Å². The number of benzene rings is 1. The van der Waals surface area contributed by atoms with Crippen LogP contribution in [0.3, 0.4) is 0 Å². The number of carbonyl (C=O) groups excluding carboxylic acids is 1. The lowest BCUT2D eigenvalue weighted by molar-refractivity contribution is -0.134. The van der Waals surface area contributed by atoms with Gasteiger partial charge in [-0.1, -0.05) is 57.7 Å². The molecule has 0 aliphatic carbocycles. The summed E-state index contributed by atoms with van der Waals surface area (Å²) in [5.74, 6) is 0.617. The van der Waals surface area contributed by atoms with E-state index in [0.717, 1.165) is 30.6 Å². The van der Waals surface area contributed by atoms with E-state index in [4.69, 9.17) is 4.74 Å². The van der Waals surface area contributed by atoms with Crippen molar-refractivity contribution in [2.45, 2.75) is 58.8 Å². The predicted molar refractivity (Wildman–Crippen MR) is 74.8 cm³/mol. The van der Waals surface area contributed by atoms with Crippen molar-refractivity contribution in [1.29, 1.82) is 0 Å². The van der Waals surface area contributed by atoms with Crippen LogP contribution in [-0.2, 0) is 11.2 Å². The van der Waals surface area contributed by atoms with Crippen molar-refractivity contribution < 1.29 is 9.53 Å². The number of unbranched alkanes of at least 4 members (excludes halogenated alkanes) is 4. The molecule has 1 rings (SSSR count). The van der Waals surface area contributed by atoms with Crippen LogP contribution in [0, 0.1) is 0 Å². The highest BCUT2D eigenvalue weighted by atomic mass is 16.5. The zero-order valence-electron chi connectivity index (χ0n) is 11.6. The Hall–Kier alpha value is -1.31. The first-order valence-corrected chi connectivity index (χ1v) is 7.06. The third-order valence-electron chi connectivity index (χ3n) is 3.06. The Balaban J connectivity index is 2.31. The SMILES string of the molecule is CCCCCCCC(=O)Oc1ccccc1CC. The molecule has 18 heavy (non-hydrogen) atoms. The van der Waals surface area contributed by atoms with E-state index in [1.165, 1.54) is 19.3 Å². The van der Waals surface area contributed by atoms with Crippen LogP contribution in [0.1, 0.15) is 57.9 Å². The molecule has 0 aliphatic heterocycles. The third-order valence-corrected chi connectivity index (χ3v) is 3.06. The van der Waals surface area contributed by atoms with Gasteiger partial charge in [0.25, 0.3) is 0 Å². The smallest absolute Gasteiger partial charge is 0.311 e. The Bertz CT molecular complexity index is 358. The van der Waals surface area contributed by atoms with E-state index in [9.17, 15) is 4.79 Å². The highest BCUT2D eigenvalue weighted by molar-refractivity contribution is 5.72. The van der Waals surface area contributed by atoms with Crippen LogP contribution in [0.5, 0.6) is 5.75 Å². The fourth-order valence-corrected chi connectivity index (χ4v) is 1.94. The van der Waals surface area contributed by atoms with E-state index < -0.39 is 0 Å². The number of ether oxygens (including phenoxy) is 1. The Morgan fingerprint density at radius 1 is 1.06 bits per heavy atom. The maximum absolute atomic E-state index is 11.7. The molecule has 0 unspecified atom stereocenters. The molecule has 1 aromatic carbocycles. The summed E-state index contributed by atoms with van der Waals surface area (Å²) in [4.78, 5) is 11.7. The van der Waals surface area contributed by atoms with E-state index in [0.29, 0.717) is 6.42 Å². The Kier molecular flexibility index (Phi) is 7.16. The molecule has 0 atom stereocenters. The second-order valence-corrected chi connectivity index (χ2v) is 4.60. The number of aryl methyl sites for hydroxylation is 1. The fraction of sp³-hybridized carbons (Fsp3) is 0.562. The molecule has 0 spiro atoms. The molecular weight excluding hydrogens is 224 g/mol. The minimum Gasteiger partial charge on any atom is -0.426 e. The number of hydrogen-bond donors (Lipinski definition) is 0. The molecule has 2 nitrogen and oxygen atoms in total. The van der Waals surface area contributed by atoms with Crippen molar-refractivity contribution in [3.05, 3.63) is 29.8 Å². The normalized spacial score (nSPS) is 10.3. The number of hydrogen-bond acceptors (Lipinski definition) is 2. The van der Waals surface area contributed by atoms with E-state index in [2.05, 4.69) is 13.8 Å². The van der Waals surface area contributed by atoms with Crippen molar-refractivity contribution in [2.24, 2.45) is 0 Å². The minimum atomic E-state index is -0.104. The second-order valence-electron chi connectivity index (χ2n) is 4.60. The van der Waals surface area contributed by atoms with Gasteiger partial charge in [-0.2, -0.15) is 0 Å².